The fourth-order valence-electron chi connectivity index (χ4n) is 2.17. The highest BCUT2D eigenvalue weighted by Crippen LogP contribution is 2.11. The summed E-state index contributed by atoms with van der Waals surface area (Å²) in [6, 6.07) is 8.78. The summed E-state index contributed by atoms with van der Waals surface area (Å²) in [7, 11) is 0. The molecule has 0 saturated carbocycles. The van der Waals surface area contributed by atoms with Gasteiger partial charge >= 0.3 is 17.8 Å². The number of hydrogen-bond acceptors (Lipinski definition) is 4. The molecule has 0 spiro atoms. The van der Waals surface area contributed by atoms with Crippen molar-refractivity contribution in [1.29, 1.82) is 0 Å². The number of hydrogen-bond donors (Lipinski definition) is 1. The van der Waals surface area contributed by atoms with E-state index in [1.807, 2.05) is 30.3 Å². The van der Waals surface area contributed by atoms with Gasteiger partial charge in [-0.3, -0.25) is 19.3 Å². The Morgan fingerprint density at radius 2 is 1.74 bits per heavy atom. The molecular weight excluding hydrogens is 298 g/mol. The second-order valence-electron chi connectivity index (χ2n) is 4.96. The number of nitrogens with one attached hydrogen (secondary N) is 1. The Labute approximate surface area is 133 Å². The van der Waals surface area contributed by atoms with Gasteiger partial charge in [0.25, 0.3) is 0 Å². The Morgan fingerprint density at radius 1 is 1.09 bits per heavy atom. The molecular formula is C16H17N3O4. The summed E-state index contributed by atoms with van der Waals surface area (Å²) < 4.78 is 0. The topological polar surface area (TPSA) is 86.8 Å². The quantitative estimate of drug-likeness (QED) is 0.446. The molecule has 0 radical (unpaired) electrons. The Morgan fingerprint density at radius 3 is 2.39 bits per heavy atom. The zero-order valence-electron chi connectivity index (χ0n) is 12.5. The van der Waals surface area contributed by atoms with Crippen molar-refractivity contribution in [1.82, 2.24) is 15.1 Å². The third kappa shape index (κ3) is 3.82. The molecule has 7 heteroatoms. The molecule has 1 heterocycles. The van der Waals surface area contributed by atoms with Crippen molar-refractivity contribution in [3.8, 4) is 0 Å². The summed E-state index contributed by atoms with van der Waals surface area (Å²) in [4.78, 5) is 48.5. The molecule has 1 saturated heterocycles. The van der Waals surface area contributed by atoms with Gasteiger partial charge in [0.15, 0.2) is 0 Å². The number of rotatable bonds is 7. The maximum Gasteiger partial charge on any atom is 0.335 e. The van der Waals surface area contributed by atoms with Gasteiger partial charge in [-0.25, -0.2) is 9.69 Å². The van der Waals surface area contributed by atoms with Gasteiger partial charge in [0, 0.05) is 13.1 Å². The fraction of sp³-hybridized carbons (Fsp3) is 0.250. The summed E-state index contributed by atoms with van der Waals surface area (Å²) >= 11 is 0. The van der Waals surface area contributed by atoms with E-state index in [9.17, 15) is 19.2 Å². The molecule has 0 aromatic heterocycles. The average Bonchev–Trinajstić information content (AvgIpc) is 2.74. The molecule has 120 valence electrons. The number of amides is 5. The minimum atomic E-state index is -0.991. The molecule has 0 unspecified atom stereocenters. The van der Waals surface area contributed by atoms with E-state index in [1.165, 1.54) is 6.08 Å². The van der Waals surface area contributed by atoms with Crippen molar-refractivity contribution >= 4 is 23.8 Å². The van der Waals surface area contributed by atoms with E-state index in [1.54, 1.807) is 0 Å². The maximum atomic E-state index is 11.9. The van der Waals surface area contributed by atoms with Crippen LogP contribution in [0.15, 0.2) is 43.0 Å². The van der Waals surface area contributed by atoms with E-state index in [0.717, 1.165) is 10.5 Å². The van der Waals surface area contributed by atoms with Crippen LogP contribution in [-0.4, -0.2) is 53.2 Å². The third-order valence-electron chi connectivity index (χ3n) is 3.33. The highest BCUT2D eigenvalue weighted by molar-refractivity contribution is 6.45. The molecule has 0 aliphatic carbocycles. The minimum absolute atomic E-state index is 0.0600. The second-order valence-corrected chi connectivity index (χ2v) is 4.96. The molecule has 5 amide bonds. The standard InChI is InChI=1S/C16H17N3O4/c1-2-10-18-14(21)15(22)19(16(18)23)11-13(20)17-9-8-12-6-4-3-5-7-12/h2-7H,1,8-11H2,(H,17,20). The summed E-state index contributed by atoms with van der Waals surface area (Å²) in [6.45, 7) is 3.27. The Balaban J connectivity index is 1.85. The number of carbonyl (C=O) groups excluding carboxylic acids is 4. The number of imide groups is 2. The van der Waals surface area contributed by atoms with Crippen LogP contribution in [0.3, 0.4) is 0 Å². The first-order chi connectivity index (χ1) is 11.0. The number of carbonyl (C=O) groups is 4. The van der Waals surface area contributed by atoms with Crippen LogP contribution < -0.4 is 5.32 Å². The maximum absolute atomic E-state index is 11.9. The predicted octanol–water partition coefficient (Wildman–Crippen LogP) is 0.322. The van der Waals surface area contributed by atoms with Gasteiger partial charge in [0.1, 0.15) is 6.54 Å². The molecule has 1 aromatic rings. The molecule has 2 rings (SSSR count). The van der Waals surface area contributed by atoms with Crippen LogP contribution in [-0.2, 0) is 20.8 Å². The molecule has 7 nitrogen and oxygen atoms in total. The first-order valence-electron chi connectivity index (χ1n) is 7.13. The molecule has 1 N–H and O–H groups in total. The zero-order valence-corrected chi connectivity index (χ0v) is 12.5. The fourth-order valence-corrected chi connectivity index (χ4v) is 2.17. The molecule has 0 bridgehead atoms. The van der Waals surface area contributed by atoms with Crippen molar-refractivity contribution in [2.45, 2.75) is 6.42 Å². The monoisotopic (exact) mass is 315 g/mol. The summed E-state index contributed by atoms with van der Waals surface area (Å²) in [5.41, 5.74) is 1.06. The van der Waals surface area contributed by atoms with E-state index in [2.05, 4.69) is 11.9 Å². The minimum Gasteiger partial charge on any atom is -0.354 e. The van der Waals surface area contributed by atoms with Crippen molar-refractivity contribution < 1.29 is 19.2 Å². The molecule has 1 aliphatic rings. The lowest BCUT2D eigenvalue weighted by molar-refractivity contribution is -0.143. The highest BCUT2D eigenvalue weighted by Gasteiger charge is 2.44. The van der Waals surface area contributed by atoms with E-state index in [4.69, 9.17) is 0 Å². The average molecular weight is 315 g/mol. The lowest BCUT2D eigenvalue weighted by Crippen LogP contribution is -2.42. The van der Waals surface area contributed by atoms with Crippen LogP contribution in [0.2, 0.25) is 0 Å². The van der Waals surface area contributed by atoms with E-state index >= 15 is 0 Å². The van der Waals surface area contributed by atoms with Crippen molar-refractivity contribution in [2.24, 2.45) is 0 Å². The normalized spacial score (nSPS) is 14.3. The van der Waals surface area contributed by atoms with Gasteiger partial charge in [0.2, 0.25) is 5.91 Å². The van der Waals surface area contributed by atoms with E-state index in [0.29, 0.717) is 17.9 Å². The molecule has 1 aliphatic heterocycles. The molecule has 1 aromatic carbocycles. The van der Waals surface area contributed by atoms with Crippen LogP contribution in [0, 0.1) is 0 Å². The third-order valence-corrected chi connectivity index (χ3v) is 3.33. The van der Waals surface area contributed by atoms with Crippen molar-refractivity contribution in [3.63, 3.8) is 0 Å². The number of benzene rings is 1. The smallest absolute Gasteiger partial charge is 0.335 e. The van der Waals surface area contributed by atoms with Crippen molar-refractivity contribution in [3.05, 3.63) is 48.6 Å². The van der Waals surface area contributed by atoms with Crippen LogP contribution in [0.4, 0.5) is 4.79 Å². The first kappa shape index (κ1) is 16.4. The van der Waals surface area contributed by atoms with Gasteiger partial charge in [-0.2, -0.15) is 0 Å². The van der Waals surface area contributed by atoms with E-state index < -0.39 is 30.3 Å². The van der Waals surface area contributed by atoms with Crippen LogP contribution in [0.5, 0.6) is 0 Å². The Bertz CT molecular complexity index is 642. The lowest BCUT2D eigenvalue weighted by Gasteiger charge is -2.14. The number of urea groups is 1. The Hall–Kier alpha value is -2.96. The summed E-state index contributed by atoms with van der Waals surface area (Å²) in [5, 5.41) is 2.63. The van der Waals surface area contributed by atoms with Crippen LogP contribution >= 0.6 is 0 Å². The highest BCUT2D eigenvalue weighted by atomic mass is 16.2. The van der Waals surface area contributed by atoms with Crippen LogP contribution in [0.25, 0.3) is 0 Å². The summed E-state index contributed by atoms with van der Waals surface area (Å²) in [5.74, 6) is -2.42. The van der Waals surface area contributed by atoms with Gasteiger partial charge in [-0.15, -0.1) is 6.58 Å². The zero-order chi connectivity index (χ0) is 16.8. The molecule has 0 atom stereocenters. The first-order valence-corrected chi connectivity index (χ1v) is 7.13. The Kier molecular flexibility index (Phi) is 5.24. The SMILES string of the molecule is C=CCN1C(=O)C(=O)N(CC(=O)NCCc2ccccc2)C1=O. The largest absolute Gasteiger partial charge is 0.354 e. The predicted molar refractivity (Wildman–Crippen MR) is 82.2 cm³/mol. The van der Waals surface area contributed by atoms with Crippen LogP contribution in [0.1, 0.15) is 5.56 Å². The summed E-state index contributed by atoms with van der Waals surface area (Å²) in [6.07, 6.45) is 1.97. The molecule has 1 fully saturated rings. The van der Waals surface area contributed by atoms with Gasteiger partial charge < -0.3 is 5.32 Å². The lowest BCUT2D eigenvalue weighted by atomic mass is 10.1. The van der Waals surface area contributed by atoms with Crippen molar-refractivity contribution in [2.75, 3.05) is 19.6 Å². The van der Waals surface area contributed by atoms with E-state index in [-0.39, 0.29) is 6.54 Å². The second kappa shape index (κ2) is 7.35. The molecule has 23 heavy (non-hydrogen) atoms. The number of nitrogens with zero attached hydrogens (tertiary/aromatic N) is 2. The van der Waals surface area contributed by atoms with Gasteiger partial charge in [-0.05, 0) is 12.0 Å². The van der Waals surface area contributed by atoms with Gasteiger partial charge in [0.05, 0.1) is 0 Å². The van der Waals surface area contributed by atoms with Gasteiger partial charge in [-0.1, -0.05) is 36.4 Å².